The molecule has 0 saturated carbocycles. The molecule has 0 spiro atoms. The van der Waals surface area contributed by atoms with Crippen LogP contribution in [0.4, 0.5) is 17.1 Å². The summed E-state index contributed by atoms with van der Waals surface area (Å²) in [5, 5.41) is 3.62. The van der Waals surface area contributed by atoms with Crippen LogP contribution in [0.15, 0.2) is 66.7 Å². The number of ether oxygens (including phenoxy) is 3. The normalized spacial score (nSPS) is 17.1. The SMILES string of the molecule is COc1ccc(NC(=O)CC2C(=O)N(c3ccc(OC)c(Cl)c3)C(=S)N2CCCN2CCN(c3ccc(OC)cc3)CC2)cc1. The maximum Gasteiger partial charge on any atom is 0.256 e. The van der Waals surface area contributed by atoms with E-state index in [2.05, 4.69) is 27.2 Å². The lowest BCUT2D eigenvalue weighted by Crippen LogP contribution is -2.47. The zero-order valence-corrected chi connectivity index (χ0v) is 27.3. The number of anilines is 3. The molecular weight excluding hydrogens is 614 g/mol. The number of hydrogen-bond acceptors (Lipinski definition) is 8. The monoisotopic (exact) mass is 651 g/mol. The van der Waals surface area contributed by atoms with Crippen molar-refractivity contribution in [3.63, 3.8) is 0 Å². The van der Waals surface area contributed by atoms with Crippen LogP contribution in [-0.2, 0) is 9.59 Å². The van der Waals surface area contributed by atoms with Gasteiger partial charge in [-0.3, -0.25) is 19.4 Å². The second-order valence-corrected chi connectivity index (χ2v) is 11.6. The largest absolute Gasteiger partial charge is 0.497 e. The first-order chi connectivity index (χ1) is 21.8. The number of amides is 2. The molecule has 0 bridgehead atoms. The number of benzene rings is 3. The standard InChI is InChI=1S/C33H38ClN5O5S/c1-42-26-10-5-23(6-11-26)35-31(40)22-29-32(41)39(25-9-14-30(44-3)28(34)21-25)33(45)38(29)16-4-15-36-17-19-37(20-18-36)24-7-12-27(43-2)13-8-24/h5-14,21,29H,4,15-20,22H2,1-3H3,(H,35,40). The fourth-order valence-corrected chi connectivity index (χ4v) is 6.33. The Morgan fingerprint density at radius 3 is 2.09 bits per heavy atom. The molecule has 1 unspecified atom stereocenters. The average molecular weight is 652 g/mol. The van der Waals surface area contributed by atoms with Crippen LogP contribution < -0.4 is 29.3 Å². The van der Waals surface area contributed by atoms with Crippen LogP contribution in [0.5, 0.6) is 17.2 Å². The average Bonchev–Trinajstić information content (AvgIpc) is 3.29. The highest BCUT2D eigenvalue weighted by Gasteiger charge is 2.44. The van der Waals surface area contributed by atoms with Crippen LogP contribution in [0.25, 0.3) is 0 Å². The van der Waals surface area contributed by atoms with Crippen LogP contribution >= 0.6 is 23.8 Å². The summed E-state index contributed by atoms with van der Waals surface area (Å²) in [5.41, 5.74) is 2.34. The molecule has 2 aliphatic heterocycles. The van der Waals surface area contributed by atoms with Gasteiger partial charge < -0.3 is 29.3 Å². The van der Waals surface area contributed by atoms with Crippen molar-refractivity contribution in [2.45, 2.75) is 18.9 Å². The van der Waals surface area contributed by atoms with E-state index in [4.69, 9.17) is 38.0 Å². The number of nitrogens with one attached hydrogen (secondary N) is 1. The summed E-state index contributed by atoms with van der Waals surface area (Å²) in [7, 11) is 4.79. The lowest BCUT2D eigenvalue weighted by atomic mass is 10.1. The van der Waals surface area contributed by atoms with Crippen molar-refractivity contribution in [3.05, 3.63) is 71.8 Å². The van der Waals surface area contributed by atoms with E-state index in [9.17, 15) is 9.59 Å². The summed E-state index contributed by atoms with van der Waals surface area (Å²) < 4.78 is 15.8. The minimum absolute atomic E-state index is 0.0497. The van der Waals surface area contributed by atoms with E-state index in [0.29, 0.717) is 39.6 Å². The molecule has 2 aliphatic rings. The van der Waals surface area contributed by atoms with E-state index < -0.39 is 6.04 Å². The molecule has 0 aliphatic carbocycles. The minimum Gasteiger partial charge on any atom is -0.497 e. The summed E-state index contributed by atoms with van der Waals surface area (Å²) in [6.07, 6.45) is 0.732. The van der Waals surface area contributed by atoms with Gasteiger partial charge in [-0.05, 0) is 91.9 Å². The number of methoxy groups -OCH3 is 3. The lowest BCUT2D eigenvalue weighted by molar-refractivity contribution is -0.124. The first-order valence-corrected chi connectivity index (χ1v) is 15.6. The van der Waals surface area contributed by atoms with Gasteiger partial charge in [-0.1, -0.05) is 11.6 Å². The molecule has 5 rings (SSSR count). The van der Waals surface area contributed by atoms with Crippen molar-refractivity contribution in [2.24, 2.45) is 0 Å². The third kappa shape index (κ3) is 7.61. The molecule has 1 N–H and O–H groups in total. The zero-order valence-electron chi connectivity index (χ0n) is 25.7. The van der Waals surface area contributed by atoms with Crippen LogP contribution in [0.2, 0.25) is 5.02 Å². The van der Waals surface area contributed by atoms with Gasteiger partial charge in [0.25, 0.3) is 5.91 Å². The van der Waals surface area contributed by atoms with Gasteiger partial charge in [0, 0.05) is 44.1 Å². The summed E-state index contributed by atoms with van der Waals surface area (Å²) >= 11 is 12.2. The van der Waals surface area contributed by atoms with E-state index in [1.54, 1.807) is 56.7 Å². The second-order valence-electron chi connectivity index (χ2n) is 10.8. The quantitative estimate of drug-likeness (QED) is 0.275. The molecule has 3 aromatic carbocycles. The van der Waals surface area contributed by atoms with Crippen LogP contribution in [-0.4, -0.2) is 93.4 Å². The predicted octanol–water partition coefficient (Wildman–Crippen LogP) is 4.91. The Bertz CT molecular complexity index is 1500. The molecule has 10 nitrogen and oxygen atoms in total. The zero-order chi connectivity index (χ0) is 31.9. The first-order valence-electron chi connectivity index (χ1n) is 14.8. The molecular formula is C33H38ClN5O5S. The van der Waals surface area contributed by atoms with Gasteiger partial charge in [-0.2, -0.15) is 0 Å². The first kappa shape index (κ1) is 32.3. The van der Waals surface area contributed by atoms with Gasteiger partial charge >= 0.3 is 0 Å². The smallest absolute Gasteiger partial charge is 0.256 e. The summed E-state index contributed by atoms with van der Waals surface area (Å²) in [5.74, 6) is 1.49. The number of piperazine rings is 1. The minimum atomic E-state index is -0.747. The van der Waals surface area contributed by atoms with E-state index in [0.717, 1.165) is 44.9 Å². The fraction of sp³-hybridized carbons (Fsp3) is 0.364. The van der Waals surface area contributed by atoms with Gasteiger partial charge in [0.05, 0.1) is 38.5 Å². The topological polar surface area (TPSA) is 86.8 Å². The molecule has 45 heavy (non-hydrogen) atoms. The molecule has 0 aromatic heterocycles. The fourth-order valence-electron chi connectivity index (χ4n) is 5.67. The molecule has 238 valence electrons. The molecule has 2 amide bonds. The Morgan fingerprint density at radius 1 is 0.867 bits per heavy atom. The van der Waals surface area contributed by atoms with Crippen molar-refractivity contribution in [2.75, 3.05) is 75.7 Å². The lowest BCUT2D eigenvalue weighted by Gasteiger charge is -2.36. The maximum absolute atomic E-state index is 13.8. The molecule has 2 saturated heterocycles. The van der Waals surface area contributed by atoms with Gasteiger partial charge in [-0.25, -0.2) is 0 Å². The predicted molar refractivity (Wildman–Crippen MR) is 181 cm³/mol. The van der Waals surface area contributed by atoms with Crippen molar-refractivity contribution in [1.29, 1.82) is 0 Å². The number of hydrogen-bond donors (Lipinski definition) is 1. The molecule has 2 heterocycles. The van der Waals surface area contributed by atoms with Crippen molar-refractivity contribution in [3.8, 4) is 17.2 Å². The molecule has 1 atom stereocenters. The Balaban J connectivity index is 1.23. The van der Waals surface area contributed by atoms with Gasteiger partial charge in [0.15, 0.2) is 5.11 Å². The second kappa shape index (κ2) is 14.8. The summed E-state index contributed by atoms with van der Waals surface area (Å²) in [4.78, 5) is 35.2. The van der Waals surface area contributed by atoms with E-state index in [1.807, 2.05) is 17.0 Å². The van der Waals surface area contributed by atoms with Gasteiger partial charge in [0.2, 0.25) is 5.91 Å². The van der Waals surface area contributed by atoms with E-state index >= 15 is 0 Å². The Labute approximate surface area is 274 Å². The summed E-state index contributed by atoms with van der Waals surface area (Å²) in [6, 6.07) is 19.6. The third-order valence-electron chi connectivity index (χ3n) is 8.15. The van der Waals surface area contributed by atoms with Crippen molar-refractivity contribution >= 4 is 57.8 Å². The highest BCUT2D eigenvalue weighted by Crippen LogP contribution is 2.33. The molecule has 3 aromatic rings. The Kier molecular flexibility index (Phi) is 10.6. The van der Waals surface area contributed by atoms with Gasteiger partial charge in [0.1, 0.15) is 23.3 Å². The Morgan fingerprint density at radius 2 is 1.49 bits per heavy atom. The summed E-state index contributed by atoms with van der Waals surface area (Å²) in [6.45, 7) is 5.09. The van der Waals surface area contributed by atoms with Crippen LogP contribution in [0, 0.1) is 0 Å². The van der Waals surface area contributed by atoms with Gasteiger partial charge in [-0.15, -0.1) is 0 Å². The van der Waals surface area contributed by atoms with E-state index in [-0.39, 0.29) is 18.2 Å². The number of carbonyl (C=O) groups excluding carboxylic acids is 2. The van der Waals surface area contributed by atoms with Crippen LogP contribution in [0.3, 0.4) is 0 Å². The molecule has 2 fully saturated rings. The number of halogens is 1. The van der Waals surface area contributed by atoms with E-state index in [1.165, 1.54) is 17.7 Å². The number of carbonyl (C=O) groups is 2. The number of rotatable bonds is 12. The third-order valence-corrected chi connectivity index (χ3v) is 8.86. The molecule has 12 heteroatoms. The Hall–Kier alpha value is -4.06. The van der Waals surface area contributed by atoms with Crippen LogP contribution in [0.1, 0.15) is 12.8 Å². The highest BCUT2D eigenvalue weighted by atomic mass is 35.5. The number of nitrogens with zero attached hydrogens (tertiary/aromatic N) is 4. The van der Waals surface area contributed by atoms with Crippen molar-refractivity contribution < 1.29 is 23.8 Å². The van der Waals surface area contributed by atoms with Crippen molar-refractivity contribution in [1.82, 2.24) is 9.80 Å². The molecule has 0 radical (unpaired) electrons. The maximum atomic E-state index is 13.8. The number of thiocarbonyl (C=S) groups is 1. The highest BCUT2D eigenvalue weighted by molar-refractivity contribution is 7.80.